The number of benzene rings is 2. The maximum atomic E-state index is 3.65. The van der Waals surface area contributed by atoms with Crippen LogP contribution < -0.4 is 10.9 Å². The summed E-state index contributed by atoms with van der Waals surface area (Å²) in [5, 5.41) is 0. The summed E-state index contributed by atoms with van der Waals surface area (Å²) in [7, 11) is -0.165. The lowest BCUT2D eigenvalue weighted by molar-refractivity contribution is 0.508. The molecule has 2 fully saturated rings. The number of hydrazine groups is 1. The fourth-order valence-corrected chi connectivity index (χ4v) is 7.62. The Kier molecular flexibility index (Phi) is 4.75. The highest BCUT2D eigenvalue weighted by Crippen LogP contribution is 2.67. The Morgan fingerprint density at radius 3 is 1.61 bits per heavy atom. The molecule has 2 nitrogen and oxygen atoms in total. The molecule has 4 rings (SSSR count). The topological polar surface area (TPSA) is 24.1 Å². The van der Waals surface area contributed by atoms with Crippen molar-refractivity contribution in [2.24, 2.45) is 0 Å². The molecule has 1 aliphatic heterocycles. The van der Waals surface area contributed by atoms with Crippen molar-refractivity contribution in [2.45, 2.75) is 49.3 Å². The van der Waals surface area contributed by atoms with Crippen LogP contribution in [0, 0.1) is 0 Å². The lowest BCUT2D eigenvalue weighted by Crippen LogP contribution is -2.26. The Hall–Kier alpha value is -1.21. The summed E-state index contributed by atoms with van der Waals surface area (Å²) in [5.41, 5.74) is 11.0. The van der Waals surface area contributed by atoms with E-state index < -0.39 is 0 Å². The second-order valence-electron chi connectivity index (χ2n) is 6.65. The Labute approximate surface area is 140 Å². The van der Waals surface area contributed by atoms with Gasteiger partial charge in [-0.1, -0.05) is 87.8 Å². The summed E-state index contributed by atoms with van der Waals surface area (Å²) < 4.78 is 0. The van der Waals surface area contributed by atoms with Crippen LogP contribution >= 0.6 is 7.92 Å². The zero-order chi connectivity index (χ0) is 15.5. The Morgan fingerprint density at radius 1 is 0.652 bits per heavy atom. The molecule has 2 atom stereocenters. The molecule has 0 aromatic heterocycles. The van der Waals surface area contributed by atoms with Gasteiger partial charge in [0.2, 0.25) is 0 Å². The van der Waals surface area contributed by atoms with Crippen molar-refractivity contribution < 1.29 is 0 Å². The van der Waals surface area contributed by atoms with E-state index in [-0.39, 0.29) is 7.92 Å². The first-order chi connectivity index (χ1) is 11.4. The highest BCUT2D eigenvalue weighted by Gasteiger charge is 2.41. The van der Waals surface area contributed by atoms with Crippen LogP contribution in [0.3, 0.4) is 0 Å². The predicted molar refractivity (Wildman–Crippen MR) is 98.4 cm³/mol. The Morgan fingerprint density at radius 2 is 1.13 bits per heavy atom. The van der Waals surface area contributed by atoms with E-state index in [1.165, 1.54) is 43.2 Å². The molecule has 2 aromatic carbocycles. The zero-order valence-corrected chi connectivity index (χ0v) is 14.4. The van der Waals surface area contributed by atoms with Crippen LogP contribution in [0.1, 0.15) is 54.8 Å². The summed E-state index contributed by atoms with van der Waals surface area (Å²) in [6.07, 6.45) is 7.05. The maximum Gasteiger partial charge on any atom is 0.0678 e. The molecule has 120 valence electrons. The summed E-state index contributed by atoms with van der Waals surface area (Å²) in [4.78, 5) is 0. The number of rotatable bonds is 3. The van der Waals surface area contributed by atoms with Gasteiger partial charge < -0.3 is 0 Å². The van der Waals surface area contributed by atoms with E-state index in [4.69, 9.17) is 0 Å². The van der Waals surface area contributed by atoms with Gasteiger partial charge in [0.05, 0.1) is 11.6 Å². The van der Waals surface area contributed by atoms with Crippen LogP contribution in [0.4, 0.5) is 0 Å². The summed E-state index contributed by atoms with van der Waals surface area (Å²) in [5.74, 6) is 0.944. The van der Waals surface area contributed by atoms with E-state index in [2.05, 4.69) is 71.5 Å². The van der Waals surface area contributed by atoms with Crippen LogP contribution in [0.2, 0.25) is 0 Å². The highest BCUT2D eigenvalue weighted by atomic mass is 31.1. The van der Waals surface area contributed by atoms with Gasteiger partial charge in [-0.2, -0.15) is 0 Å². The van der Waals surface area contributed by atoms with Crippen molar-refractivity contribution in [1.82, 2.24) is 10.9 Å². The van der Waals surface area contributed by atoms with Gasteiger partial charge in [0, 0.05) is 0 Å². The van der Waals surface area contributed by atoms with Crippen molar-refractivity contribution in [1.29, 1.82) is 0 Å². The van der Waals surface area contributed by atoms with Crippen LogP contribution in [0.15, 0.2) is 60.7 Å². The van der Waals surface area contributed by atoms with Gasteiger partial charge >= 0.3 is 0 Å². The van der Waals surface area contributed by atoms with Crippen LogP contribution in [0.5, 0.6) is 0 Å². The second kappa shape index (κ2) is 7.13. The molecular formula is C20H25N2P. The molecule has 0 spiro atoms. The van der Waals surface area contributed by atoms with Crippen molar-refractivity contribution in [2.75, 3.05) is 0 Å². The summed E-state index contributed by atoms with van der Waals surface area (Å²) in [6, 6.07) is 22.0. The molecule has 1 saturated heterocycles. The lowest BCUT2D eigenvalue weighted by atomic mass is 10.0. The largest absolute Gasteiger partial charge is 0.245 e. The van der Waals surface area contributed by atoms with Gasteiger partial charge in [-0.25, -0.2) is 10.9 Å². The fraction of sp³-hybridized carbons (Fsp3) is 0.400. The molecule has 2 N–H and O–H groups in total. The van der Waals surface area contributed by atoms with Gasteiger partial charge in [-0.05, 0) is 29.6 Å². The third kappa shape index (κ3) is 3.21. The first-order valence-electron chi connectivity index (χ1n) is 8.82. The second-order valence-corrected chi connectivity index (χ2v) is 9.31. The third-order valence-electron chi connectivity index (χ3n) is 5.18. The lowest BCUT2D eigenvalue weighted by Gasteiger charge is -2.34. The molecule has 1 aliphatic carbocycles. The number of hydrogen-bond donors (Lipinski definition) is 2. The van der Waals surface area contributed by atoms with Crippen LogP contribution in [-0.4, -0.2) is 5.66 Å². The van der Waals surface area contributed by atoms with Crippen LogP contribution in [-0.2, 0) is 0 Å². The van der Waals surface area contributed by atoms with E-state index >= 15 is 0 Å². The average Bonchev–Trinajstić information content (AvgIpc) is 3.09. The zero-order valence-electron chi connectivity index (χ0n) is 13.5. The minimum Gasteiger partial charge on any atom is -0.245 e. The summed E-state index contributed by atoms with van der Waals surface area (Å²) in [6.45, 7) is 0. The average molecular weight is 324 g/mol. The van der Waals surface area contributed by atoms with Gasteiger partial charge in [-0.3, -0.25) is 0 Å². The molecule has 23 heavy (non-hydrogen) atoms. The molecule has 0 radical (unpaired) electrons. The van der Waals surface area contributed by atoms with Gasteiger partial charge in [-0.15, -0.1) is 0 Å². The van der Waals surface area contributed by atoms with Crippen molar-refractivity contribution in [3.63, 3.8) is 0 Å². The molecule has 3 heteroatoms. The number of nitrogens with one attached hydrogen (secondary N) is 2. The molecular weight excluding hydrogens is 299 g/mol. The van der Waals surface area contributed by atoms with Crippen molar-refractivity contribution in [3.8, 4) is 0 Å². The monoisotopic (exact) mass is 324 g/mol. The molecule has 0 amide bonds. The summed E-state index contributed by atoms with van der Waals surface area (Å²) >= 11 is 0. The molecule has 0 bridgehead atoms. The molecule has 0 unspecified atom stereocenters. The van der Waals surface area contributed by atoms with E-state index in [9.17, 15) is 0 Å². The van der Waals surface area contributed by atoms with E-state index in [1.54, 1.807) is 0 Å². The minimum atomic E-state index is -0.165. The predicted octanol–water partition coefficient (Wildman–Crippen LogP) is 5.31. The van der Waals surface area contributed by atoms with Crippen molar-refractivity contribution >= 4 is 7.92 Å². The quantitative estimate of drug-likeness (QED) is 0.748. The first kappa shape index (κ1) is 15.3. The van der Waals surface area contributed by atoms with Gasteiger partial charge in [0.15, 0.2) is 0 Å². The Bertz CT molecular complexity index is 563. The Balaban J connectivity index is 1.67. The van der Waals surface area contributed by atoms with E-state index in [1.807, 2.05) is 0 Å². The number of hydrogen-bond acceptors (Lipinski definition) is 2. The smallest absolute Gasteiger partial charge is 0.0678 e. The standard InChI is InChI=1S/C20H25N2P/c1-4-10-16(11-5-1)19-21-22-20(17-12-6-2-7-13-17)23(19)18-14-8-3-9-15-18/h1-2,4-7,10-13,18-22H,3,8-9,14-15H2/t19-,20-/m0/s1. The van der Waals surface area contributed by atoms with Crippen molar-refractivity contribution in [3.05, 3.63) is 71.8 Å². The van der Waals surface area contributed by atoms with Gasteiger partial charge in [0.25, 0.3) is 0 Å². The normalized spacial score (nSPS) is 26.4. The molecule has 1 heterocycles. The maximum absolute atomic E-state index is 3.65. The van der Waals surface area contributed by atoms with Gasteiger partial charge in [0.1, 0.15) is 0 Å². The highest BCUT2D eigenvalue weighted by molar-refractivity contribution is 7.59. The third-order valence-corrected chi connectivity index (χ3v) is 8.59. The molecule has 1 saturated carbocycles. The van der Waals surface area contributed by atoms with Crippen LogP contribution in [0.25, 0.3) is 0 Å². The fourth-order valence-electron chi connectivity index (χ4n) is 4.04. The van der Waals surface area contributed by atoms with E-state index in [0.717, 1.165) is 5.66 Å². The molecule has 2 aliphatic rings. The van der Waals surface area contributed by atoms with E-state index in [0.29, 0.717) is 11.6 Å². The first-order valence-corrected chi connectivity index (χ1v) is 10.4. The minimum absolute atomic E-state index is 0.165. The SMILES string of the molecule is c1ccc([C@H]2NN[C@H](c3ccccc3)P2C2CCCCC2)cc1. The molecule has 2 aromatic rings.